The first-order valence-corrected chi connectivity index (χ1v) is 6.80. The molecule has 0 radical (unpaired) electrons. The lowest BCUT2D eigenvalue weighted by Gasteiger charge is -2.04. The summed E-state index contributed by atoms with van der Waals surface area (Å²) in [5, 5.41) is 15.4. The quantitative estimate of drug-likeness (QED) is 0.802. The molecule has 0 fully saturated rings. The monoisotopic (exact) mass is 267 g/mol. The number of aryl methyl sites for hydroxylation is 1. The smallest absolute Gasteiger partial charge is 0.209 e. The first kappa shape index (κ1) is 13.1. The van der Waals surface area contributed by atoms with Crippen molar-refractivity contribution in [3.63, 3.8) is 0 Å². The van der Waals surface area contributed by atoms with Crippen LogP contribution in [0.25, 0.3) is 0 Å². The fourth-order valence-corrected chi connectivity index (χ4v) is 2.12. The van der Waals surface area contributed by atoms with Gasteiger partial charge in [-0.25, -0.2) is 4.68 Å². The van der Waals surface area contributed by atoms with E-state index in [1.54, 1.807) is 16.4 Å². The molecule has 2 aromatic heterocycles. The van der Waals surface area contributed by atoms with E-state index in [0.717, 1.165) is 29.0 Å². The van der Waals surface area contributed by atoms with Crippen LogP contribution in [0.3, 0.4) is 0 Å². The van der Waals surface area contributed by atoms with Crippen molar-refractivity contribution in [2.75, 3.05) is 0 Å². The molecule has 1 N–H and O–H groups in total. The molecule has 0 spiro atoms. The number of tetrazole rings is 1. The second kappa shape index (κ2) is 6.01. The molecule has 0 aromatic carbocycles. The zero-order chi connectivity index (χ0) is 13.0. The van der Waals surface area contributed by atoms with Gasteiger partial charge in [0.25, 0.3) is 0 Å². The van der Waals surface area contributed by atoms with Gasteiger partial charge in [0.05, 0.1) is 12.3 Å². The third-order valence-electron chi connectivity index (χ3n) is 2.33. The number of furan rings is 1. The maximum absolute atomic E-state index is 5.71. The van der Waals surface area contributed by atoms with E-state index in [2.05, 4.69) is 34.7 Å². The van der Waals surface area contributed by atoms with Gasteiger partial charge in [-0.2, -0.15) is 0 Å². The van der Waals surface area contributed by atoms with Crippen LogP contribution in [-0.2, 0) is 19.3 Å². The van der Waals surface area contributed by atoms with Gasteiger partial charge in [0.2, 0.25) is 5.16 Å². The molecular weight excluding hydrogens is 250 g/mol. The van der Waals surface area contributed by atoms with Crippen molar-refractivity contribution < 1.29 is 4.42 Å². The molecule has 0 aliphatic carbocycles. The Morgan fingerprint density at radius 3 is 2.83 bits per heavy atom. The molecule has 0 aliphatic heterocycles. The number of thioether (sulfide) groups is 1. The Labute approximate surface area is 110 Å². The molecule has 0 unspecified atom stereocenters. The third-order valence-corrected chi connectivity index (χ3v) is 3.36. The van der Waals surface area contributed by atoms with E-state index in [0.29, 0.717) is 6.04 Å². The zero-order valence-corrected chi connectivity index (χ0v) is 11.6. The molecule has 0 saturated heterocycles. The van der Waals surface area contributed by atoms with Crippen LogP contribution in [0.4, 0.5) is 0 Å². The molecule has 2 aromatic rings. The van der Waals surface area contributed by atoms with Crippen molar-refractivity contribution in [1.82, 2.24) is 25.5 Å². The van der Waals surface area contributed by atoms with Gasteiger partial charge in [0.15, 0.2) is 0 Å². The maximum atomic E-state index is 5.71. The van der Waals surface area contributed by atoms with Gasteiger partial charge in [-0.05, 0) is 22.6 Å². The molecule has 7 heteroatoms. The maximum Gasteiger partial charge on any atom is 0.209 e. The van der Waals surface area contributed by atoms with Crippen LogP contribution >= 0.6 is 11.8 Å². The van der Waals surface area contributed by atoms with Crippen LogP contribution in [0.5, 0.6) is 0 Å². The zero-order valence-electron chi connectivity index (χ0n) is 10.8. The van der Waals surface area contributed by atoms with Crippen molar-refractivity contribution in [2.45, 2.75) is 37.3 Å². The lowest BCUT2D eigenvalue weighted by molar-refractivity contribution is 0.445. The van der Waals surface area contributed by atoms with Gasteiger partial charge in [0, 0.05) is 13.1 Å². The fraction of sp³-hybridized carbons (Fsp3) is 0.545. The summed E-state index contributed by atoms with van der Waals surface area (Å²) in [6, 6.07) is 4.45. The predicted octanol–water partition coefficient (Wildman–Crippen LogP) is 1.59. The molecule has 6 nitrogen and oxygen atoms in total. The van der Waals surface area contributed by atoms with E-state index in [4.69, 9.17) is 4.42 Å². The van der Waals surface area contributed by atoms with Crippen LogP contribution in [-0.4, -0.2) is 26.2 Å². The fourth-order valence-electron chi connectivity index (χ4n) is 1.38. The Hall–Kier alpha value is -1.34. The minimum absolute atomic E-state index is 0.456. The minimum atomic E-state index is 0.456. The predicted molar refractivity (Wildman–Crippen MR) is 69.0 cm³/mol. The Morgan fingerprint density at radius 1 is 1.39 bits per heavy atom. The molecule has 0 bridgehead atoms. The molecule has 2 rings (SSSR count). The van der Waals surface area contributed by atoms with Crippen molar-refractivity contribution in [2.24, 2.45) is 7.05 Å². The molecule has 0 aliphatic rings. The third kappa shape index (κ3) is 3.58. The highest BCUT2D eigenvalue weighted by molar-refractivity contribution is 7.98. The highest BCUT2D eigenvalue weighted by Crippen LogP contribution is 2.20. The average Bonchev–Trinajstić information content (AvgIpc) is 2.93. The number of hydrogen-bond acceptors (Lipinski definition) is 6. The summed E-state index contributed by atoms with van der Waals surface area (Å²) in [5.41, 5.74) is 0. The van der Waals surface area contributed by atoms with Crippen molar-refractivity contribution in [3.05, 3.63) is 23.7 Å². The van der Waals surface area contributed by atoms with Crippen LogP contribution < -0.4 is 5.32 Å². The van der Waals surface area contributed by atoms with Crippen LogP contribution in [0.1, 0.15) is 25.4 Å². The number of nitrogens with one attached hydrogen (secondary N) is 1. The highest BCUT2D eigenvalue weighted by Gasteiger charge is 2.07. The van der Waals surface area contributed by atoms with Gasteiger partial charge in [-0.15, -0.1) is 5.10 Å². The molecular formula is C11H17N5OS. The highest BCUT2D eigenvalue weighted by atomic mass is 32.2. The molecule has 2 heterocycles. The van der Waals surface area contributed by atoms with Gasteiger partial charge in [-0.3, -0.25) is 0 Å². The van der Waals surface area contributed by atoms with Gasteiger partial charge >= 0.3 is 0 Å². The van der Waals surface area contributed by atoms with E-state index >= 15 is 0 Å². The summed E-state index contributed by atoms with van der Waals surface area (Å²) in [6.07, 6.45) is 0. The summed E-state index contributed by atoms with van der Waals surface area (Å²) in [7, 11) is 1.82. The molecule has 0 amide bonds. The summed E-state index contributed by atoms with van der Waals surface area (Å²) >= 11 is 1.56. The van der Waals surface area contributed by atoms with Crippen molar-refractivity contribution >= 4 is 11.8 Å². The average molecular weight is 267 g/mol. The SMILES string of the molecule is CC(C)NCc1ccc(CSc2nnnn2C)o1. The standard InChI is InChI=1S/C11H17N5OS/c1-8(2)12-6-9-4-5-10(17-9)7-18-11-13-14-15-16(11)3/h4-5,8,12H,6-7H2,1-3H3. The Morgan fingerprint density at radius 2 is 2.17 bits per heavy atom. The summed E-state index contributed by atoms with van der Waals surface area (Å²) in [6.45, 7) is 4.98. The summed E-state index contributed by atoms with van der Waals surface area (Å²) in [5.74, 6) is 2.62. The van der Waals surface area contributed by atoms with E-state index in [1.807, 2.05) is 19.2 Å². The normalized spacial score (nSPS) is 11.3. The van der Waals surface area contributed by atoms with E-state index in [9.17, 15) is 0 Å². The number of nitrogens with zero attached hydrogens (tertiary/aromatic N) is 4. The minimum Gasteiger partial charge on any atom is -0.464 e. The molecule has 18 heavy (non-hydrogen) atoms. The summed E-state index contributed by atoms with van der Waals surface area (Å²) in [4.78, 5) is 0. The van der Waals surface area contributed by atoms with Gasteiger partial charge in [-0.1, -0.05) is 25.6 Å². The number of aromatic nitrogens is 4. The van der Waals surface area contributed by atoms with Crippen molar-refractivity contribution in [1.29, 1.82) is 0 Å². The lowest BCUT2D eigenvalue weighted by Crippen LogP contribution is -2.21. The Kier molecular flexibility index (Phi) is 4.38. The molecule has 0 saturated carbocycles. The van der Waals surface area contributed by atoms with Crippen LogP contribution in [0, 0.1) is 0 Å². The molecule has 0 atom stereocenters. The number of rotatable bonds is 6. The number of hydrogen-bond donors (Lipinski definition) is 1. The van der Waals surface area contributed by atoms with Crippen molar-refractivity contribution in [3.8, 4) is 0 Å². The van der Waals surface area contributed by atoms with Gasteiger partial charge in [0.1, 0.15) is 11.5 Å². The van der Waals surface area contributed by atoms with Gasteiger partial charge < -0.3 is 9.73 Å². The largest absolute Gasteiger partial charge is 0.464 e. The van der Waals surface area contributed by atoms with Crippen LogP contribution in [0.15, 0.2) is 21.7 Å². The Balaban J connectivity index is 1.85. The first-order chi connectivity index (χ1) is 8.65. The summed E-state index contributed by atoms with van der Waals surface area (Å²) < 4.78 is 7.36. The second-order valence-corrected chi connectivity index (χ2v) is 5.22. The molecule has 98 valence electrons. The topological polar surface area (TPSA) is 68.8 Å². The van der Waals surface area contributed by atoms with Crippen LogP contribution in [0.2, 0.25) is 0 Å². The first-order valence-electron chi connectivity index (χ1n) is 5.81. The lowest BCUT2D eigenvalue weighted by atomic mass is 10.3. The Bertz CT molecular complexity index is 493. The van der Waals surface area contributed by atoms with E-state index < -0.39 is 0 Å². The van der Waals surface area contributed by atoms with E-state index in [1.165, 1.54) is 0 Å². The van der Waals surface area contributed by atoms with E-state index in [-0.39, 0.29) is 0 Å². The second-order valence-electron chi connectivity index (χ2n) is 4.28.